The minimum Gasteiger partial charge on any atom is -0.309 e. The Morgan fingerprint density at radius 3 is 2.44 bits per heavy atom. The molecule has 1 aromatic carbocycles. The quantitative estimate of drug-likeness (QED) is 0.425. The van der Waals surface area contributed by atoms with E-state index in [-0.39, 0.29) is 17.1 Å². The molecular weight excluding hydrogens is 458 g/mol. The number of fused-ring (bicyclic) bond motifs is 1. The predicted molar refractivity (Wildman–Crippen MR) is 139 cm³/mol. The Hall–Kier alpha value is -3.26. The first-order valence-electron chi connectivity index (χ1n) is 12.7. The van der Waals surface area contributed by atoms with E-state index in [1.54, 1.807) is 0 Å². The van der Waals surface area contributed by atoms with Gasteiger partial charge in [-0.2, -0.15) is 0 Å². The molecule has 0 amide bonds. The van der Waals surface area contributed by atoms with Crippen molar-refractivity contribution in [2.75, 3.05) is 25.5 Å². The molecule has 2 aliphatic heterocycles. The number of piperidine rings is 1. The van der Waals surface area contributed by atoms with Crippen molar-refractivity contribution in [3.05, 3.63) is 59.4 Å². The van der Waals surface area contributed by atoms with Gasteiger partial charge < -0.3 is 10.2 Å². The van der Waals surface area contributed by atoms with Gasteiger partial charge in [-0.3, -0.25) is 4.99 Å². The highest BCUT2D eigenvalue weighted by Crippen LogP contribution is 2.47. The molecule has 5 rings (SSSR count). The summed E-state index contributed by atoms with van der Waals surface area (Å²) in [6.07, 6.45) is 6.80. The Labute approximate surface area is 210 Å². The Kier molecular flexibility index (Phi) is 6.55. The van der Waals surface area contributed by atoms with Crippen molar-refractivity contribution >= 4 is 23.2 Å². The van der Waals surface area contributed by atoms with E-state index in [1.807, 2.05) is 25.3 Å². The zero-order valence-electron chi connectivity index (χ0n) is 21.3. The highest BCUT2D eigenvalue weighted by molar-refractivity contribution is 6.00. The van der Waals surface area contributed by atoms with Gasteiger partial charge in [0.25, 0.3) is 0 Å². The molecule has 0 bridgehead atoms. The van der Waals surface area contributed by atoms with Gasteiger partial charge >= 0.3 is 0 Å². The normalized spacial score (nSPS) is 17.7. The number of anilines is 2. The Morgan fingerprint density at radius 2 is 1.78 bits per heavy atom. The lowest BCUT2D eigenvalue weighted by molar-refractivity contribution is 0.255. The molecule has 1 saturated heterocycles. The maximum absolute atomic E-state index is 15.1. The summed E-state index contributed by atoms with van der Waals surface area (Å²) in [7, 11) is 2.15. The summed E-state index contributed by atoms with van der Waals surface area (Å²) in [5.41, 5.74) is 3.31. The van der Waals surface area contributed by atoms with E-state index in [4.69, 9.17) is 0 Å². The van der Waals surface area contributed by atoms with Gasteiger partial charge in [-0.25, -0.2) is 23.7 Å². The van der Waals surface area contributed by atoms with Crippen molar-refractivity contribution in [3.63, 3.8) is 0 Å². The largest absolute Gasteiger partial charge is 0.309 e. The van der Waals surface area contributed by atoms with Crippen LogP contribution in [0.15, 0.2) is 41.7 Å². The molecule has 0 unspecified atom stereocenters. The molecule has 2 aliphatic rings. The van der Waals surface area contributed by atoms with E-state index in [0.717, 1.165) is 56.2 Å². The number of hydrogen-bond donors (Lipinski definition) is 1. The summed E-state index contributed by atoms with van der Waals surface area (Å²) in [6.45, 7) is 8.25. The van der Waals surface area contributed by atoms with Crippen LogP contribution in [0, 0.1) is 11.6 Å². The number of rotatable bonds is 6. The van der Waals surface area contributed by atoms with Gasteiger partial charge in [0.1, 0.15) is 23.0 Å². The third kappa shape index (κ3) is 4.28. The Morgan fingerprint density at radius 1 is 1.03 bits per heavy atom. The van der Waals surface area contributed by atoms with Gasteiger partial charge in [0.15, 0.2) is 5.82 Å². The fourth-order valence-electron chi connectivity index (χ4n) is 5.63. The second-order valence-electron chi connectivity index (χ2n) is 9.91. The number of likely N-dealkylation sites (tertiary alicyclic amines) is 1. The highest BCUT2D eigenvalue weighted by atomic mass is 19.1. The first-order chi connectivity index (χ1) is 17.3. The maximum Gasteiger partial charge on any atom is 0.229 e. The van der Waals surface area contributed by atoms with Gasteiger partial charge in [-0.05, 0) is 88.0 Å². The van der Waals surface area contributed by atoms with E-state index in [2.05, 4.69) is 57.1 Å². The Bertz CT molecular complexity index is 1290. The summed E-state index contributed by atoms with van der Waals surface area (Å²) >= 11 is 0. The fourth-order valence-corrected chi connectivity index (χ4v) is 5.63. The third-order valence-electron chi connectivity index (χ3n) is 7.99. The topological polar surface area (TPSA) is 66.3 Å². The highest BCUT2D eigenvalue weighted by Gasteiger charge is 2.40. The lowest BCUT2D eigenvalue weighted by atomic mass is 9.73. The van der Waals surface area contributed by atoms with Gasteiger partial charge in [-0.1, -0.05) is 19.9 Å². The molecule has 188 valence electrons. The minimum absolute atomic E-state index is 0.0443. The van der Waals surface area contributed by atoms with E-state index < -0.39 is 11.6 Å². The molecule has 1 fully saturated rings. The van der Waals surface area contributed by atoms with Crippen LogP contribution in [-0.2, 0) is 5.41 Å². The van der Waals surface area contributed by atoms with Crippen LogP contribution in [0.3, 0.4) is 0 Å². The van der Waals surface area contributed by atoms with Crippen LogP contribution >= 0.6 is 0 Å². The van der Waals surface area contributed by atoms with E-state index in [9.17, 15) is 4.39 Å². The second-order valence-corrected chi connectivity index (χ2v) is 9.91. The lowest BCUT2D eigenvalue weighted by Gasteiger charge is -2.29. The summed E-state index contributed by atoms with van der Waals surface area (Å²) in [6, 6.07) is 7.10. The molecule has 36 heavy (non-hydrogen) atoms. The molecule has 6 nitrogen and oxygen atoms in total. The van der Waals surface area contributed by atoms with Crippen LogP contribution in [0.1, 0.15) is 63.5 Å². The van der Waals surface area contributed by atoms with Crippen molar-refractivity contribution < 1.29 is 8.78 Å². The standard InChI is InChI=1S/C28H32F2N6/c1-5-28(6-2)17(3)33-26-21(28)13-20(14-22(26)29)25-23(30)16-32-27(35-25)34-24-8-7-19(15-31-24)18-9-11-36(4)12-10-18/h7-8,13-16,18H,5-6,9-12H2,1-4H3,(H,31,32,34,35). The molecule has 0 saturated carbocycles. The van der Waals surface area contributed by atoms with Gasteiger partial charge in [0.05, 0.1) is 6.20 Å². The van der Waals surface area contributed by atoms with Crippen LogP contribution in [0.4, 0.5) is 26.2 Å². The molecular formula is C28H32F2N6. The fraction of sp³-hybridized carbons (Fsp3) is 0.429. The Balaban J connectivity index is 1.41. The molecule has 8 heteroatoms. The molecule has 0 aliphatic carbocycles. The van der Waals surface area contributed by atoms with Gasteiger partial charge in [0.2, 0.25) is 5.95 Å². The van der Waals surface area contributed by atoms with Crippen LogP contribution in [0.25, 0.3) is 11.3 Å². The number of pyridine rings is 1. The van der Waals surface area contributed by atoms with Crippen molar-refractivity contribution in [1.29, 1.82) is 0 Å². The predicted octanol–water partition coefficient (Wildman–Crippen LogP) is 6.53. The zero-order valence-corrected chi connectivity index (χ0v) is 21.3. The van der Waals surface area contributed by atoms with Crippen LogP contribution in [0.2, 0.25) is 0 Å². The van der Waals surface area contributed by atoms with Gasteiger partial charge in [0, 0.05) is 22.9 Å². The lowest BCUT2D eigenvalue weighted by Crippen LogP contribution is -2.29. The SMILES string of the molecule is CCC1(CC)C(C)=Nc2c(F)cc(-c3nc(Nc4ccc(C5CCN(C)CC5)cn4)ncc3F)cc21. The summed E-state index contributed by atoms with van der Waals surface area (Å²) in [5.74, 6) is 0.210. The summed E-state index contributed by atoms with van der Waals surface area (Å²) < 4.78 is 30.0. The van der Waals surface area contributed by atoms with Crippen LogP contribution in [0.5, 0.6) is 0 Å². The third-order valence-corrected chi connectivity index (χ3v) is 7.99. The van der Waals surface area contributed by atoms with Crippen molar-refractivity contribution in [3.8, 4) is 11.3 Å². The smallest absolute Gasteiger partial charge is 0.229 e. The second kappa shape index (κ2) is 9.65. The number of hydrogen-bond acceptors (Lipinski definition) is 6. The molecule has 2 aromatic heterocycles. The number of benzene rings is 1. The van der Waals surface area contributed by atoms with Crippen molar-refractivity contribution in [1.82, 2.24) is 19.9 Å². The number of nitrogens with one attached hydrogen (secondary N) is 1. The zero-order chi connectivity index (χ0) is 25.4. The first-order valence-corrected chi connectivity index (χ1v) is 12.7. The van der Waals surface area contributed by atoms with Crippen molar-refractivity contribution in [2.24, 2.45) is 4.99 Å². The number of aliphatic imine (C=N–C) groups is 1. The number of aromatic nitrogens is 3. The number of halogens is 2. The maximum atomic E-state index is 15.1. The molecule has 0 radical (unpaired) electrons. The van der Waals surface area contributed by atoms with Crippen LogP contribution in [-0.4, -0.2) is 45.7 Å². The monoisotopic (exact) mass is 490 g/mol. The number of nitrogens with zero attached hydrogens (tertiary/aromatic N) is 5. The molecule has 4 heterocycles. The summed E-state index contributed by atoms with van der Waals surface area (Å²) in [4.78, 5) is 19.9. The molecule has 0 atom stereocenters. The first kappa shape index (κ1) is 24.4. The molecule has 0 spiro atoms. The molecule has 3 aromatic rings. The summed E-state index contributed by atoms with van der Waals surface area (Å²) in [5, 5.41) is 3.07. The molecule has 1 N–H and O–H groups in total. The van der Waals surface area contributed by atoms with E-state index in [0.29, 0.717) is 23.0 Å². The van der Waals surface area contributed by atoms with Crippen molar-refractivity contribution in [2.45, 2.75) is 57.8 Å². The minimum atomic E-state index is -0.611. The van der Waals surface area contributed by atoms with E-state index >= 15 is 4.39 Å². The average Bonchev–Trinajstić information content (AvgIpc) is 3.18. The van der Waals surface area contributed by atoms with Crippen LogP contribution < -0.4 is 5.32 Å². The van der Waals surface area contributed by atoms with E-state index in [1.165, 1.54) is 11.6 Å². The average molecular weight is 491 g/mol. The van der Waals surface area contributed by atoms with Gasteiger partial charge in [-0.15, -0.1) is 0 Å².